The van der Waals surface area contributed by atoms with Crippen LogP contribution < -0.4 is 4.74 Å². The molecule has 0 fully saturated rings. The molecule has 1 heterocycles. The molecule has 0 spiro atoms. The van der Waals surface area contributed by atoms with Gasteiger partial charge in [-0.3, -0.25) is 4.79 Å². The van der Waals surface area contributed by atoms with E-state index in [9.17, 15) is 9.90 Å². The van der Waals surface area contributed by atoms with Gasteiger partial charge in [-0.1, -0.05) is 33.1 Å². The number of fused-ring (bicyclic) bond motifs is 1. The molecule has 4 nitrogen and oxygen atoms in total. The summed E-state index contributed by atoms with van der Waals surface area (Å²) >= 11 is 0. The van der Waals surface area contributed by atoms with E-state index in [0.29, 0.717) is 11.7 Å². The monoisotopic (exact) mass is 376 g/mol. The predicted octanol–water partition coefficient (Wildman–Crippen LogP) is 5.79. The number of ether oxygens (including phenoxy) is 1. The lowest BCUT2D eigenvalue weighted by molar-refractivity contribution is -0.141. The van der Waals surface area contributed by atoms with Crippen LogP contribution in [-0.4, -0.2) is 21.8 Å². The van der Waals surface area contributed by atoms with Crippen LogP contribution in [0, 0.1) is 25.7 Å². The van der Waals surface area contributed by atoms with E-state index in [0.717, 1.165) is 73.8 Å². The summed E-state index contributed by atoms with van der Waals surface area (Å²) in [5.41, 5.74) is 2.94. The van der Waals surface area contributed by atoms with Crippen molar-refractivity contribution in [2.45, 2.75) is 91.6 Å². The van der Waals surface area contributed by atoms with Gasteiger partial charge in [0.2, 0.25) is 0 Å². The van der Waals surface area contributed by atoms with E-state index in [-0.39, 0.29) is 11.5 Å². The average molecular weight is 377 g/mol. The van der Waals surface area contributed by atoms with Crippen molar-refractivity contribution < 1.29 is 19.7 Å². The number of aromatic hydroxyl groups is 1. The van der Waals surface area contributed by atoms with Crippen LogP contribution in [0.3, 0.4) is 0 Å². The second-order valence-corrected chi connectivity index (χ2v) is 8.85. The topological polar surface area (TPSA) is 66.8 Å². The van der Waals surface area contributed by atoms with E-state index in [2.05, 4.69) is 13.8 Å². The number of carbonyl (C=O) groups is 1. The van der Waals surface area contributed by atoms with Crippen LogP contribution in [0.5, 0.6) is 11.5 Å². The third-order valence-electron chi connectivity index (χ3n) is 6.32. The molecule has 1 aromatic rings. The highest BCUT2D eigenvalue weighted by Gasteiger charge is 2.33. The van der Waals surface area contributed by atoms with Gasteiger partial charge in [0.15, 0.2) is 0 Å². The lowest BCUT2D eigenvalue weighted by atomic mass is 9.85. The molecule has 0 unspecified atom stereocenters. The maximum Gasteiger partial charge on any atom is 0.306 e. The highest BCUT2D eigenvalue weighted by Crippen LogP contribution is 2.42. The van der Waals surface area contributed by atoms with Crippen molar-refractivity contribution >= 4 is 5.97 Å². The molecule has 0 aliphatic carbocycles. The van der Waals surface area contributed by atoms with Crippen LogP contribution in [0.15, 0.2) is 6.07 Å². The van der Waals surface area contributed by atoms with Crippen LogP contribution in [0.25, 0.3) is 0 Å². The predicted molar refractivity (Wildman–Crippen MR) is 109 cm³/mol. The molecule has 0 saturated carbocycles. The Balaban J connectivity index is 1.81. The molecule has 0 bridgehead atoms. The summed E-state index contributed by atoms with van der Waals surface area (Å²) in [6, 6.07) is 1.86. The molecule has 1 aliphatic heterocycles. The first-order chi connectivity index (χ1) is 12.6. The molecule has 0 aromatic heterocycles. The minimum absolute atomic E-state index is 0.140. The van der Waals surface area contributed by atoms with Gasteiger partial charge in [0.05, 0.1) is 5.92 Å². The molecule has 0 saturated heterocycles. The fourth-order valence-electron chi connectivity index (χ4n) is 4.01. The molecule has 1 aliphatic rings. The Kier molecular flexibility index (Phi) is 7.19. The van der Waals surface area contributed by atoms with Gasteiger partial charge in [-0.05, 0) is 81.5 Å². The number of phenolic OH excluding ortho intramolecular Hbond substituents is 1. The molecule has 2 rings (SSSR count). The zero-order chi connectivity index (χ0) is 20.2. The number of aryl methyl sites for hydroxylation is 1. The fourth-order valence-corrected chi connectivity index (χ4v) is 4.01. The van der Waals surface area contributed by atoms with Crippen LogP contribution >= 0.6 is 0 Å². The molecular weight excluding hydrogens is 340 g/mol. The highest BCUT2D eigenvalue weighted by atomic mass is 16.5. The van der Waals surface area contributed by atoms with Gasteiger partial charge in [0, 0.05) is 0 Å². The van der Waals surface area contributed by atoms with Crippen molar-refractivity contribution in [1.29, 1.82) is 0 Å². The molecule has 3 atom stereocenters. The molecule has 0 radical (unpaired) electrons. The second kappa shape index (κ2) is 8.99. The number of hydrogen-bond acceptors (Lipinski definition) is 3. The summed E-state index contributed by atoms with van der Waals surface area (Å²) in [4.78, 5) is 10.9. The van der Waals surface area contributed by atoms with E-state index < -0.39 is 5.97 Å². The van der Waals surface area contributed by atoms with E-state index in [4.69, 9.17) is 9.84 Å². The lowest BCUT2D eigenvalue weighted by Gasteiger charge is -2.37. The van der Waals surface area contributed by atoms with Crippen molar-refractivity contribution in [2.24, 2.45) is 11.8 Å². The van der Waals surface area contributed by atoms with Crippen molar-refractivity contribution in [1.82, 2.24) is 0 Å². The normalized spacial score (nSPS) is 21.2. The Morgan fingerprint density at radius 3 is 2.52 bits per heavy atom. The first kappa shape index (κ1) is 21.6. The summed E-state index contributed by atoms with van der Waals surface area (Å²) in [6.07, 6.45) is 8.08. The van der Waals surface area contributed by atoms with E-state index >= 15 is 0 Å². The number of carboxylic acids is 1. The zero-order valence-corrected chi connectivity index (χ0v) is 17.6. The van der Waals surface area contributed by atoms with Crippen LogP contribution in [-0.2, 0) is 11.2 Å². The Labute approximate surface area is 163 Å². The first-order valence-corrected chi connectivity index (χ1v) is 10.4. The molecule has 2 N–H and O–H groups in total. The minimum Gasteiger partial charge on any atom is -0.508 e. The van der Waals surface area contributed by atoms with Gasteiger partial charge in [-0.25, -0.2) is 0 Å². The largest absolute Gasteiger partial charge is 0.508 e. The standard InChI is InChI=1S/C23H36O4/c1-15(8-6-10-16(2)22(25)26)9-7-12-23(5)13-11-19-14-20(24)17(3)18(4)21(19)27-23/h14-16,24H,6-13H2,1-5H3,(H,25,26)/t15-,16+,23+/m0/s1. The summed E-state index contributed by atoms with van der Waals surface area (Å²) < 4.78 is 6.43. The van der Waals surface area contributed by atoms with E-state index in [1.807, 2.05) is 19.9 Å². The Morgan fingerprint density at radius 2 is 1.85 bits per heavy atom. The Hall–Kier alpha value is -1.71. The van der Waals surface area contributed by atoms with E-state index in [1.54, 1.807) is 6.92 Å². The van der Waals surface area contributed by atoms with Gasteiger partial charge in [-0.15, -0.1) is 0 Å². The maximum absolute atomic E-state index is 10.9. The smallest absolute Gasteiger partial charge is 0.306 e. The summed E-state index contributed by atoms with van der Waals surface area (Å²) in [5.74, 6) is 1.02. The lowest BCUT2D eigenvalue weighted by Crippen LogP contribution is -2.36. The zero-order valence-electron chi connectivity index (χ0n) is 17.6. The quantitative estimate of drug-likeness (QED) is 0.572. The number of rotatable bonds is 9. The van der Waals surface area contributed by atoms with Crippen molar-refractivity contribution in [2.75, 3.05) is 0 Å². The number of carboxylic acid groups (broad SMARTS) is 1. The summed E-state index contributed by atoms with van der Waals surface area (Å²) in [5, 5.41) is 19.0. The van der Waals surface area contributed by atoms with Crippen molar-refractivity contribution in [3.8, 4) is 11.5 Å². The Morgan fingerprint density at radius 1 is 1.19 bits per heavy atom. The van der Waals surface area contributed by atoms with Crippen molar-refractivity contribution in [3.05, 3.63) is 22.8 Å². The number of aliphatic carboxylic acids is 1. The summed E-state index contributed by atoms with van der Waals surface area (Å²) in [7, 11) is 0. The van der Waals surface area contributed by atoms with Gasteiger partial charge in [0.25, 0.3) is 0 Å². The molecule has 0 amide bonds. The fraction of sp³-hybridized carbons (Fsp3) is 0.696. The molecule has 1 aromatic carbocycles. The molecular formula is C23H36O4. The van der Waals surface area contributed by atoms with E-state index in [1.165, 1.54) is 0 Å². The molecule has 152 valence electrons. The van der Waals surface area contributed by atoms with Crippen LogP contribution in [0.4, 0.5) is 0 Å². The summed E-state index contributed by atoms with van der Waals surface area (Å²) in [6.45, 7) is 10.2. The second-order valence-electron chi connectivity index (χ2n) is 8.85. The first-order valence-electron chi connectivity index (χ1n) is 10.4. The third-order valence-corrected chi connectivity index (χ3v) is 6.32. The van der Waals surface area contributed by atoms with Gasteiger partial charge in [-0.2, -0.15) is 0 Å². The number of hydrogen-bond donors (Lipinski definition) is 2. The van der Waals surface area contributed by atoms with Gasteiger partial charge in [0.1, 0.15) is 17.1 Å². The minimum atomic E-state index is -0.691. The number of phenols is 1. The number of benzene rings is 1. The Bertz CT molecular complexity index is 667. The maximum atomic E-state index is 10.9. The van der Waals surface area contributed by atoms with Crippen LogP contribution in [0.1, 0.15) is 82.4 Å². The van der Waals surface area contributed by atoms with Crippen molar-refractivity contribution in [3.63, 3.8) is 0 Å². The molecule has 4 heteroatoms. The van der Waals surface area contributed by atoms with Gasteiger partial charge < -0.3 is 14.9 Å². The van der Waals surface area contributed by atoms with Crippen LogP contribution in [0.2, 0.25) is 0 Å². The highest BCUT2D eigenvalue weighted by molar-refractivity contribution is 5.69. The van der Waals surface area contributed by atoms with Gasteiger partial charge >= 0.3 is 5.97 Å². The molecule has 27 heavy (non-hydrogen) atoms. The SMILES string of the molecule is Cc1c(O)cc2c(c1C)O[C@](C)(CCC[C@@H](C)CCC[C@@H](C)C(=O)O)CC2. The average Bonchev–Trinajstić information content (AvgIpc) is 2.60. The third kappa shape index (κ3) is 5.63.